The molecule has 0 radical (unpaired) electrons. The Bertz CT molecular complexity index is 637. The SMILES string of the molecule is C=C(CC#CC(O)(C(F)(F)F)C(F)(F)F)C1CC[C@H]2C(=O)CCC[C@]12C. The first-order valence-electron chi connectivity index (χ1n) is 8.30. The van der Waals surface area contributed by atoms with Crippen LogP contribution in [0.15, 0.2) is 12.2 Å². The van der Waals surface area contributed by atoms with Gasteiger partial charge in [0.15, 0.2) is 0 Å². The van der Waals surface area contributed by atoms with Crippen molar-refractivity contribution in [2.24, 2.45) is 17.3 Å². The monoisotopic (exact) mass is 382 g/mol. The van der Waals surface area contributed by atoms with Gasteiger partial charge in [0.05, 0.1) is 0 Å². The molecule has 2 rings (SSSR count). The lowest BCUT2D eigenvalue weighted by molar-refractivity contribution is -0.343. The summed E-state index contributed by atoms with van der Waals surface area (Å²) in [5, 5.41) is 9.04. The second kappa shape index (κ2) is 6.59. The van der Waals surface area contributed by atoms with Gasteiger partial charge in [-0.25, -0.2) is 0 Å². The number of aliphatic hydroxyl groups is 1. The van der Waals surface area contributed by atoms with Crippen LogP contribution in [-0.4, -0.2) is 28.8 Å². The van der Waals surface area contributed by atoms with Crippen LogP contribution < -0.4 is 0 Å². The summed E-state index contributed by atoms with van der Waals surface area (Å²) in [6.45, 7) is 5.71. The summed E-state index contributed by atoms with van der Waals surface area (Å²) in [5.74, 6) is 2.59. The Morgan fingerprint density at radius 2 is 1.81 bits per heavy atom. The van der Waals surface area contributed by atoms with Gasteiger partial charge in [-0.3, -0.25) is 4.79 Å². The molecule has 2 fully saturated rings. The van der Waals surface area contributed by atoms with Crippen molar-refractivity contribution in [2.75, 3.05) is 0 Å². The molecule has 3 atom stereocenters. The highest BCUT2D eigenvalue weighted by atomic mass is 19.4. The standard InChI is InChI=1S/C18H20F6O2/c1-11(5-3-10-16(26,17(19,20)21)18(22,23)24)12-7-8-13-14(25)6-4-9-15(12,13)2/h12-13,26H,1,4-9H2,2H3/t12?,13-,15+/m0/s1. The molecule has 146 valence electrons. The molecular weight excluding hydrogens is 362 g/mol. The predicted octanol–water partition coefficient (Wildman–Crippen LogP) is 4.58. The molecule has 2 aliphatic rings. The zero-order valence-corrected chi connectivity index (χ0v) is 14.2. The van der Waals surface area contributed by atoms with E-state index in [0.29, 0.717) is 31.3 Å². The van der Waals surface area contributed by atoms with E-state index >= 15 is 0 Å². The molecular formula is C18H20F6O2. The fourth-order valence-electron chi connectivity index (χ4n) is 4.31. The van der Waals surface area contributed by atoms with E-state index in [1.807, 2.05) is 12.8 Å². The maximum absolute atomic E-state index is 12.6. The van der Waals surface area contributed by atoms with Gasteiger partial charge in [0.1, 0.15) is 5.78 Å². The molecule has 8 heteroatoms. The van der Waals surface area contributed by atoms with E-state index in [1.54, 1.807) is 0 Å². The molecule has 0 aliphatic heterocycles. The van der Waals surface area contributed by atoms with E-state index in [4.69, 9.17) is 5.11 Å². The largest absolute Gasteiger partial charge is 0.438 e. The second-order valence-corrected chi connectivity index (χ2v) is 7.35. The van der Waals surface area contributed by atoms with Gasteiger partial charge in [-0.1, -0.05) is 25.0 Å². The lowest BCUT2D eigenvalue weighted by Gasteiger charge is -2.40. The van der Waals surface area contributed by atoms with Crippen LogP contribution in [0.3, 0.4) is 0 Å². The highest BCUT2D eigenvalue weighted by molar-refractivity contribution is 5.83. The van der Waals surface area contributed by atoms with Gasteiger partial charge in [-0.2, -0.15) is 26.3 Å². The minimum absolute atomic E-state index is 0.145. The molecule has 1 unspecified atom stereocenters. The number of ketones is 1. The number of carbonyl (C=O) groups excluding carboxylic acids is 1. The van der Waals surface area contributed by atoms with Crippen LogP contribution in [0.4, 0.5) is 26.3 Å². The summed E-state index contributed by atoms with van der Waals surface area (Å²) < 4.78 is 75.7. The van der Waals surface area contributed by atoms with Crippen molar-refractivity contribution in [1.82, 2.24) is 0 Å². The molecule has 0 amide bonds. The molecule has 0 saturated heterocycles. The fraction of sp³-hybridized carbons (Fsp3) is 0.722. The average Bonchev–Trinajstić information content (AvgIpc) is 2.83. The number of fused-ring (bicyclic) bond motifs is 1. The topological polar surface area (TPSA) is 37.3 Å². The van der Waals surface area contributed by atoms with E-state index in [-0.39, 0.29) is 23.0 Å². The lowest BCUT2D eigenvalue weighted by Crippen LogP contribution is -2.55. The van der Waals surface area contributed by atoms with E-state index < -0.39 is 24.4 Å². The average molecular weight is 382 g/mol. The Hall–Kier alpha value is -1.49. The predicted molar refractivity (Wildman–Crippen MR) is 81.8 cm³/mol. The summed E-state index contributed by atoms with van der Waals surface area (Å²) in [5.41, 5.74) is -5.04. The minimum atomic E-state index is -5.96. The molecule has 1 N–H and O–H groups in total. The molecule has 2 aliphatic carbocycles. The van der Waals surface area contributed by atoms with Crippen LogP contribution in [0.1, 0.15) is 45.4 Å². The van der Waals surface area contributed by atoms with Gasteiger partial charge in [0, 0.05) is 18.8 Å². The molecule has 0 bridgehead atoms. The number of hydrogen-bond donors (Lipinski definition) is 1. The third-order valence-electron chi connectivity index (χ3n) is 5.76. The highest BCUT2D eigenvalue weighted by Crippen LogP contribution is 2.56. The molecule has 0 spiro atoms. The van der Waals surface area contributed by atoms with E-state index in [1.165, 1.54) is 0 Å². The Kier molecular flexibility index (Phi) is 5.28. The zero-order chi connectivity index (χ0) is 20.0. The van der Waals surface area contributed by atoms with Gasteiger partial charge in [-0.05, 0) is 42.9 Å². The zero-order valence-electron chi connectivity index (χ0n) is 14.2. The highest BCUT2D eigenvalue weighted by Gasteiger charge is 2.70. The molecule has 0 heterocycles. The number of allylic oxidation sites excluding steroid dienone is 1. The Labute approximate surface area is 147 Å². The van der Waals surface area contributed by atoms with Crippen molar-refractivity contribution in [3.8, 4) is 11.8 Å². The lowest BCUT2D eigenvalue weighted by atomic mass is 9.63. The molecule has 2 nitrogen and oxygen atoms in total. The minimum Gasteiger partial charge on any atom is -0.363 e. The van der Waals surface area contributed by atoms with Crippen molar-refractivity contribution in [3.63, 3.8) is 0 Å². The summed E-state index contributed by atoms with van der Waals surface area (Å²) >= 11 is 0. The molecule has 2 saturated carbocycles. The molecule has 26 heavy (non-hydrogen) atoms. The smallest absolute Gasteiger partial charge is 0.363 e. The maximum Gasteiger partial charge on any atom is 0.438 e. The van der Waals surface area contributed by atoms with Gasteiger partial charge in [0.2, 0.25) is 0 Å². The quantitative estimate of drug-likeness (QED) is 0.431. The van der Waals surface area contributed by atoms with Crippen molar-refractivity contribution < 1.29 is 36.2 Å². The third kappa shape index (κ3) is 3.38. The summed E-state index contributed by atoms with van der Waals surface area (Å²) in [4.78, 5) is 12.1. The first kappa shape index (κ1) is 20.8. The third-order valence-corrected chi connectivity index (χ3v) is 5.76. The molecule has 0 aromatic carbocycles. The summed E-state index contributed by atoms with van der Waals surface area (Å²) in [7, 11) is 0. The van der Waals surface area contributed by atoms with Gasteiger partial charge in [0.25, 0.3) is 0 Å². The van der Waals surface area contributed by atoms with Gasteiger partial charge >= 0.3 is 18.0 Å². The number of rotatable bonds is 2. The van der Waals surface area contributed by atoms with Crippen molar-refractivity contribution in [3.05, 3.63) is 12.2 Å². The van der Waals surface area contributed by atoms with Crippen molar-refractivity contribution >= 4 is 5.78 Å². The number of hydrogen-bond acceptors (Lipinski definition) is 2. The molecule has 0 aromatic heterocycles. The first-order chi connectivity index (χ1) is 11.7. The maximum atomic E-state index is 12.6. The van der Waals surface area contributed by atoms with E-state index in [9.17, 15) is 31.1 Å². The van der Waals surface area contributed by atoms with Gasteiger partial charge < -0.3 is 5.11 Å². The number of alkyl halides is 6. The summed E-state index contributed by atoms with van der Waals surface area (Å²) in [6, 6.07) is 0. The number of halogens is 6. The van der Waals surface area contributed by atoms with Crippen LogP contribution in [-0.2, 0) is 4.79 Å². The Morgan fingerprint density at radius 1 is 1.23 bits per heavy atom. The van der Waals surface area contributed by atoms with E-state index in [2.05, 4.69) is 6.58 Å². The Balaban J connectivity index is 2.17. The van der Waals surface area contributed by atoms with Crippen molar-refractivity contribution in [1.29, 1.82) is 0 Å². The normalized spacial score (nSPS) is 29.8. The Morgan fingerprint density at radius 3 is 2.35 bits per heavy atom. The van der Waals surface area contributed by atoms with Crippen LogP contribution in [0, 0.1) is 29.1 Å². The van der Waals surface area contributed by atoms with Crippen LogP contribution >= 0.6 is 0 Å². The number of carbonyl (C=O) groups is 1. The molecule has 0 aromatic rings. The van der Waals surface area contributed by atoms with Crippen LogP contribution in [0.25, 0.3) is 0 Å². The van der Waals surface area contributed by atoms with E-state index in [0.717, 1.165) is 12.3 Å². The van der Waals surface area contributed by atoms with Crippen LogP contribution in [0.5, 0.6) is 0 Å². The second-order valence-electron chi connectivity index (χ2n) is 7.35. The fourth-order valence-corrected chi connectivity index (χ4v) is 4.31. The van der Waals surface area contributed by atoms with Crippen LogP contribution in [0.2, 0.25) is 0 Å². The van der Waals surface area contributed by atoms with Crippen molar-refractivity contribution in [2.45, 2.75) is 63.4 Å². The first-order valence-corrected chi connectivity index (χ1v) is 8.30. The van der Waals surface area contributed by atoms with Gasteiger partial charge in [-0.15, -0.1) is 0 Å². The summed E-state index contributed by atoms with van der Waals surface area (Å²) in [6.07, 6.45) is -9.09. The number of Topliss-reactive ketones (excluding diaryl/α,β-unsaturated/α-hetero) is 1.